The molecule has 0 aliphatic heterocycles. The van der Waals surface area contributed by atoms with Crippen molar-refractivity contribution >= 4 is 11.4 Å². The van der Waals surface area contributed by atoms with Crippen molar-refractivity contribution in [1.29, 1.82) is 0 Å². The maximum atomic E-state index is 3.87. The van der Waals surface area contributed by atoms with Crippen LogP contribution in [0, 0.1) is 0 Å². The van der Waals surface area contributed by atoms with Crippen LogP contribution in [0.1, 0.15) is 0 Å². The Morgan fingerprint density at radius 3 is 1.30 bits per heavy atom. The second-order valence-electron chi connectivity index (χ2n) is 4.41. The Morgan fingerprint density at radius 1 is 0.650 bits per heavy atom. The van der Waals surface area contributed by atoms with Crippen molar-refractivity contribution < 1.29 is 0 Å². The molecular formula is C18H20N2. The number of benzene rings is 2. The first-order chi connectivity index (χ1) is 9.86. The van der Waals surface area contributed by atoms with E-state index in [1.54, 1.807) is 0 Å². The van der Waals surface area contributed by atoms with E-state index in [4.69, 9.17) is 0 Å². The van der Waals surface area contributed by atoms with Gasteiger partial charge in [0.15, 0.2) is 0 Å². The van der Waals surface area contributed by atoms with Gasteiger partial charge in [0.1, 0.15) is 0 Å². The van der Waals surface area contributed by atoms with Crippen molar-refractivity contribution in [1.82, 2.24) is 0 Å². The predicted octanol–water partition coefficient (Wildman–Crippen LogP) is 4.29. The van der Waals surface area contributed by atoms with Crippen LogP contribution in [0.2, 0.25) is 0 Å². The highest BCUT2D eigenvalue weighted by Gasteiger charge is 2.14. The van der Waals surface area contributed by atoms with Gasteiger partial charge in [0, 0.05) is 0 Å². The van der Waals surface area contributed by atoms with Gasteiger partial charge in [-0.1, -0.05) is 48.6 Å². The Balaban J connectivity index is 2.37. The van der Waals surface area contributed by atoms with Crippen LogP contribution in [0.4, 0.5) is 11.4 Å². The summed E-state index contributed by atoms with van der Waals surface area (Å²) in [4.78, 5) is 0. The minimum absolute atomic E-state index is 0.743. The molecule has 20 heavy (non-hydrogen) atoms. The molecule has 0 aromatic heterocycles. The van der Waals surface area contributed by atoms with Crippen LogP contribution in [0.15, 0.2) is 86.0 Å². The molecule has 0 N–H and O–H groups in total. The minimum atomic E-state index is 0.743. The lowest BCUT2D eigenvalue weighted by Gasteiger charge is -2.37. The Hall–Kier alpha value is -2.48. The summed E-state index contributed by atoms with van der Waals surface area (Å²) in [5, 5.41) is 4.40. The van der Waals surface area contributed by atoms with Gasteiger partial charge in [-0.2, -0.15) is 0 Å². The van der Waals surface area contributed by atoms with Crippen LogP contribution in [0.5, 0.6) is 0 Å². The van der Waals surface area contributed by atoms with E-state index in [1.165, 1.54) is 0 Å². The lowest BCUT2D eigenvalue weighted by molar-refractivity contribution is 0.802. The molecule has 102 valence electrons. The Morgan fingerprint density at radius 2 is 1.00 bits per heavy atom. The first-order valence-corrected chi connectivity index (χ1v) is 6.73. The van der Waals surface area contributed by atoms with Crippen LogP contribution >= 0.6 is 0 Å². The molecule has 0 atom stereocenters. The largest absolute Gasteiger partial charge is 0.281 e. The van der Waals surface area contributed by atoms with Gasteiger partial charge in [0.05, 0.1) is 24.5 Å². The zero-order valence-electron chi connectivity index (χ0n) is 11.7. The van der Waals surface area contributed by atoms with E-state index in [1.807, 2.05) is 48.6 Å². The lowest BCUT2D eigenvalue weighted by atomic mass is 10.3. The highest BCUT2D eigenvalue weighted by molar-refractivity contribution is 5.58. The maximum absolute atomic E-state index is 3.87. The molecule has 0 radical (unpaired) electrons. The van der Waals surface area contributed by atoms with E-state index in [0.29, 0.717) is 0 Å². The van der Waals surface area contributed by atoms with Crippen molar-refractivity contribution in [3.05, 3.63) is 86.0 Å². The molecule has 0 aliphatic rings. The number of hydrogen-bond donors (Lipinski definition) is 0. The average molecular weight is 264 g/mol. The molecule has 2 aromatic rings. The van der Waals surface area contributed by atoms with E-state index in [9.17, 15) is 0 Å². The first kappa shape index (κ1) is 13.9. The first-order valence-electron chi connectivity index (χ1n) is 6.73. The second kappa shape index (κ2) is 7.19. The molecule has 0 aliphatic carbocycles. The van der Waals surface area contributed by atoms with E-state index < -0.39 is 0 Å². The zero-order valence-corrected chi connectivity index (χ0v) is 11.7. The van der Waals surface area contributed by atoms with Crippen LogP contribution in [0.25, 0.3) is 0 Å². The van der Waals surface area contributed by atoms with Crippen LogP contribution in [-0.2, 0) is 0 Å². The zero-order chi connectivity index (χ0) is 14.2. The smallest absolute Gasteiger partial charge is 0.0578 e. The number of nitrogens with zero attached hydrogens (tertiary/aromatic N) is 2. The quantitative estimate of drug-likeness (QED) is 0.544. The van der Waals surface area contributed by atoms with E-state index >= 15 is 0 Å². The molecule has 2 aromatic carbocycles. The van der Waals surface area contributed by atoms with Crippen molar-refractivity contribution in [2.75, 3.05) is 23.1 Å². The summed E-state index contributed by atoms with van der Waals surface area (Å²) < 4.78 is 0. The minimum Gasteiger partial charge on any atom is -0.281 e. The van der Waals surface area contributed by atoms with Gasteiger partial charge in [-0.3, -0.25) is 10.0 Å². The van der Waals surface area contributed by atoms with Crippen LogP contribution < -0.4 is 10.0 Å². The fourth-order valence-corrected chi connectivity index (χ4v) is 2.13. The summed E-state index contributed by atoms with van der Waals surface area (Å²) in [6.45, 7) is 9.22. The summed E-state index contributed by atoms with van der Waals surface area (Å²) in [6, 6.07) is 20.6. The molecule has 0 bridgehead atoms. The number of anilines is 2. The third-order valence-electron chi connectivity index (χ3n) is 3.00. The third-order valence-corrected chi connectivity index (χ3v) is 3.00. The topological polar surface area (TPSA) is 6.48 Å². The fourth-order valence-electron chi connectivity index (χ4n) is 2.13. The van der Waals surface area contributed by atoms with Crippen molar-refractivity contribution in [2.45, 2.75) is 0 Å². The Bertz CT molecular complexity index is 482. The summed E-state index contributed by atoms with van der Waals surface area (Å²) >= 11 is 0. The molecule has 0 heterocycles. The van der Waals surface area contributed by atoms with Gasteiger partial charge in [-0.05, 0) is 24.3 Å². The monoisotopic (exact) mass is 264 g/mol. The molecular weight excluding hydrogens is 244 g/mol. The Kier molecular flexibility index (Phi) is 5.01. The standard InChI is InChI=1S/C18H20N2/c1-3-15-19(17-11-7-5-8-12-17)20(16-4-2)18-13-9-6-10-14-18/h3-14H,1-2,15-16H2. The summed E-state index contributed by atoms with van der Waals surface area (Å²) in [7, 11) is 0. The molecule has 2 rings (SSSR count). The summed E-state index contributed by atoms with van der Waals surface area (Å²) in [5.74, 6) is 0. The molecule has 2 heteroatoms. The SMILES string of the molecule is C=CCN(c1ccccc1)N(CC=C)c1ccccc1. The van der Waals surface area contributed by atoms with E-state index in [0.717, 1.165) is 24.5 Å². The molecule has 0 saturated heterocycles. The van der Waals surface area contributed by atoms with Gasteiger partial charge in [0.2, 0.25) is 0 Å². The molecule has 0 amide bonds. The number of para-hydroxylation sites is 2. The van der Waals surface area contributed by atoms with Gasteiger partial charge in [0.25, 0.3) is 0 Å². The summed E-state index contributed by atoms with van der Waals surface area (Å²) in [6.07, 6.45) is 3.82. The molecule has 0 unspecified atom stereocenters. The van der Waals surface area contributed by atoms with Gasteiger partial charge >= 0.3 is 0 Å². The Labute approximate surface area is 121 Å². The van der Waals surface area contributed by atoms with Crippen molar-refractivity contribution in [2.24, 2.45) is 0 Å². The van der Waals surface area contributed by atoms with Crippen LogP contribution in [0.3, 0.4) is 0 Å². The third kappa shape index (κ3) is 3.29. The van der Waals surface area contributed by atoms with Crippen LogP contribution in [-0.4, -0.2) is 13.1 Å². The van der Waals surface area contributed by atoms with E-state index in [2.05, 4.69) is 47.4 Å². The number of rotatable bonds is 7. The van der Waals surface area contributed by atoms with E-state index in [-0.39, 0.29) is 0 Å². The fraction of sp³-hybridized carbons (Fsp3) is 0.111. The highest BCUT2D eigenvalue weighted by atomic mass is 15.6. The molecule has 0 fully saturated rings. The van der Waals surface area contributed by atoms with Crippen molar-refractivity contribution in [3.8, 4) is 0 Å². The number of hydrazine groups is 1. The second-order valence-corrected chi connectivity index (χ2v) is 4.41. The van der Waals surface area contributed by atoms with Gasteiger partial charge in [-0.15, -0.1) is 13.2 Å². The molecule has 2 nitrogen and oxygen atoms in total. The van der Waals surface area contributed by atoms with Gasteiger partial charge in [-0.25, -0.2) is 0 Å². The number of hydrogen-bond acceptors (Lipinski definition) is 2. The average Bonchev–Trinajstić information content (AvgIpc) is 2.52. The lowest BCUT2D eigenvalue weighted by Crippen LogP contribution is -2.43. The molecule has 0 saturated carbocycles. The normalized spacial score (nSPS) is 9.80. The predicted molar refractivity (Wildman–Crippen MR) is 88.0 cm³/mol. The maximum Gasteiger partial charge on any atom is 0.0578 e. The highest BCUT2D eigenvalue weighted by Crippen LogP contribution is 2.22. The van der Waals surface area contributed by atoms with Crippen molar-refractivity contribution in [3.63, 3.8) is 0 Å². The summed E-state index contributed by atoms with van der Waals surface area (Å²) in [5.41, 5.74) is 2.27. The molecule has 0 spiro atoms. The van der Waals surface area contributed by atoms with Gasteiger partial charge < -0.3 is 0 Å².